The zero-order valence-electron chi connectivity index (χ0n) is 19.7. The number of amides is 2. The molecule has 1 aromatic heterocycles. The number of fused-ring (bicyclic) bond motifs is 1. The number of benzene rings is 2. The Hall–Kier alpha value is -3.72. The van der Waals surface area contributed by atoms with E-state index in [4.69, 9.17) is 15.2 Å². The van der Waals surface area contributed by atoms with Crippen molar-refractivity contribution in [2.45, 2.75) is 26.4 Å². The molecule has 1 aliphatic heterocycles. The fourth-order valence-electron chi connectivity index (χ4n) is 4.24. The lowest BCUT2D eigenvalue weighted by molar-refractivity contribution is -0.155. The summed E-state index contributed by atoms with van der Waals surface area (Å²) in [5.41, 5.74) is 9.64. The van der Waals surface area contributed by atoms with Gasteiger partial charge in [-0.1, -0.05) is 23.8 Å². The van der Waals surface area contributed by atoms with E-state index in [0.29, 0.717) is 31.2 Å². The van der Waals surface area contributed by atoms with Gasteiger partial charge in [0.15, 0.2) is 6.61 Å². The lowest BCUT2D eigenvalue weighted by atomic mass is 10.1. The third kappa shape index (κ3) is 4.94. The molecule has 178 valence electrons. The first-order valence-corrected chi connectivity index (χ1v) is 11.1. The molecule has 4 rings (SSSR count). The number of hydrogen-bond acceptors (Lipinski definition) is 7. The number of nitrogens with two attached hydrogens (primary N) is 1. The Bertz CT molecular complexity index is 1220. The van der Waals surface area contributed by atoms with E-state index in [2.05, 4.69) is 9.97 Å². The molecule has 1 fully saturated rings. The van der Waals surface area contributed by atoms with Gasteiger partial charge in [-0.05, 0) is 43.2 Å². The van der Waals surface area contributed by atoms with Gasteiger partial charge in [0.1, 0.15) is 23.9 Å². The molecule has 0 spiro atoms. The van der Waals surface area contributed by atoms with Gasteiger partial charge in [0.25, 0.3) is 5.91 Å². The highest BCUT2D eigenvalue weighted by Crippen LogP contribution is 2.22. The Morgan fingerprint density at radius 3 is 2.74 bits per heavy atom. The lowest BCUT2D eigenvalue weighted by Gasteiger charge is -2.40. The van der Waals surface area contributed by atoms with Gasteiger partial charge >= 0.3 is 0 Å². The highest BCUT2D eigenvalue weighted by atomic mass is 16.5. The van der Waals surface area contributed by atoms with Crippen LogP contribution in [0.15, 0.2) is 42.7 Å². The molecular formula is C25H29N5O4. The van der Waals surface area contributed by atoms with Gasteiger partial charge in [0.2, 0.25) is 5.91 Å². The molecule has 0 saturated carbocycles. The predicted molar refractivity (Wildman–Crippen MR) is 128 cm³/mol. The molecule has 0 radical (unpaired) electrons. The molecule has 9 heteroatoms. The van der Waals surface area contributed by atoms with Crippen LogP contribution in [0, 0.1) is 13.8 Å². The summed E-state index contributed by atoms with van der Waals surface area (Å²) in [6.45, 7) is 5.14. The molecule has 1 saturated heterocycles. The number of methoxy groups -OCH3 is 1. The third-order valence-corrected chi connectivity index (χ3v) is 6.02. The number of anilines is 1. The van der Waals surface area contributed by atoms with Crippen molar-refractivity contribution in [3.8, 4) is 5.75 Å². The number of nitrogen functional groups attached to an aromatic ring is 1. The standard InChI is InChI=1S/C25H29N5O4/c1-16-4-7-22(17(2)10-16)34-14-23(31)30-9-8-29(25(32)21(30)13-33-3)12-18-5-6-19-20(11-18)27-15-28-24(19)26/h4-7,10-11,15,21H,8-9,12-14H2,1-3H3,(H2,26,27,28)/t21-/m0/s1. The first-order chi connectivity index (χ1) is 16.4. The van der Waals surface area contributed by atoms with Gasteiger partial charge in [-0.25, -0.2) is 9.97 Å². The molecule has 1 aliphatic rings. The van der Waals surface area contributed by atoms with Crippen LogP contribution in [-0.2, 0) is 20.9 Å². The van der Waals surface area contributed by atoms with E-state index in [9.17, 15) is 9.59 Å². The number of rotatable bonds is 7. The van der Waals surface area contributed by atoms with Crippen LogP contribution in [0.5, 0.6) is 5.75 Å². The van der Waals surface area contributed by atoms with Crippen molar-refractivity contribution in [2.24, 2.45) is 0 Å². The zero-order chi connectivity index (χ0) is 24.2. The summed E-state index contributed by atoms with van der Waals surface area (Å²) in [4.78, 5) is 37.8. The Morgan fingerprint density at radius 1 is 1.15 bits per heavy atom. The van der Waals surface area contributed by atoms with Gasteiger partial charge in [-0.2, -0.15) is 0 Å². The first kappa shape index (κ1) is 23.4. The number of aryl methyl sites for hydroxylation is 2. The maximum Gasteiger partial charge on any atom is 0.261 e. The Labute approximate surface area is 198 Å². The van der Waals surface area contributed by atoms with E-state index < -0.39 is 6.04 Å². The van der Waals surface area contributed by atoms with Crippen molar-refractivity contribution in [3.63, 3.8) is 0 Å². The van der Waals surface area contributed by atoms with Gasteiger partial charge in [0.05, 0.1) is 12.1 Å². The molecule has 1 atom stereocenters. The first-order valence-electron chi connectivity index (χ1n) is 11.1. The van der Waals surface area contributed by atoms with Crippen LogP contribution in [-0.4, -0.2) is 71.0 Å². The molecule has 2 N–H and O–H groups in total. The van der Waals surface area contributed by atoms with E-state index in [1.54, 1.807) is 9.80 Å². The molecule has 2 aromatic carbocycles. The average Bonchev–Trinajstić information content (AvgIpc) is 2.81. The van der Waals surface area contributed by atoms with Gasteiger partial charge in [-0.15, -0.1) is 0 Å². The molecule has 34 heavy (non-hydrogen) atoms. The average molecular weight is 464 g/mol. The van der Waals surface area contributed by atoms with E-state index in [1.165, 1.54) is 13.4 Å². The number of carbonyl (C=O) groups excluding carboxylic acids is 2. The smallest absolute Gasteiger partial charge is 0.261 e. The number of carbonyl (C=O) groups is 2. The number of hydrogen-bond donors (Lipinski definition) is 1. The molecule has 9 nitrogen and oxygen atoms in total. The van der Waals surface area contributed by atoms with Crippen LogP contribution >= 0.6 is 0 Å². The summed E-state index contributed by atoms with van der Waals surface area (Å²) in [6.07, 6.45) is 1.42. The summed E-state index contributed by atoms with van der Waals surface area (Å²) in [5, 5.41) is 0.772. The molecule has 0 unspecified atom stereocenters. The largest absolute Gasteiger partial charge is 0.483 e. The summed E-state index contributed by atoms with van der Waals surface area (Å²) < 4.78 is 11.0. The van der Waals surface area contributed by atoms with Crippen LogP contribution in [0.2, 0.25) is 0 Å². The van der Waals surface area contributed by atoms with Crippen LogP contribution in [0.4, 0.5) is 5.82 Å². The SMILES string of the molecule is COC[C@H]1C(=O)N(Cc2ccc3c(N)ncnc3c2)CCN1C(=O)COc1ccc(C)cc1C. The number of aromatic nitrogens is 2. The van der Waals surface area contributed by atoms with Gasteiger partial charge in [0, 0.05) is 32.1 Å². The maximum absolute atomic E-state index is 13.3. The van der Waals surface area contributed by atoms with E-state index in [1.807, 2.05) is 50.2 Å². The van der Waals surface area contributed by atoms with E-state index in [-0.39, 0.29) is 25.0 Å². The summed E-state index contributed by atoms with van der Waals surface area (Å²) in [7, 11) is 1.52. The van der Waals surface area contributed by atoms with E-state index >= 15 is 0 Å². The van der Waals surface area contributed by atoms with Crippen molar-refractivity contribution in [3.05, 3.63) is 59.4 Å². The topological polar surface area (TPSA) is 111 Å². The highest BCUT2D eigenvalue weighted by Gasteiger charge is 2.37. The minimum absolute atomic E-state index is 0.117. The monoisotopic (exact) mass is 463 g/mol. The fraction of sp³-hybridized carbons (Fsp3) is 0.360. The fourth-order valence-corrected chi connectivity index (χ4v) is 4.24. The molecule has 2 heterocycles. The second kappa shape index (κ2) is 10.0. The molecule has 0 aliphatic carbocycles. The Balaban J connectivity index is 1.44. The quantitative estimate of drug-likeness (QED) is 0.571. The lowest BCUT2D eigenvalue weighted by Crippen LogP contribution is -2.60. The molecular weight excluding hydrogens is 434 g/mol. The number of ether oxygens (including phenoxy) is 2. The van der Waals surface area contributed by atoms with E-state index in [0.717, 1.165) is 27.6 Å². The van der Waals surface area contributed by atoms with Crippen molar-refractivity contribution < 1.29 is 19.1 Å². The highest BCUT2D eigenvalue weighted by molar-refractivity contribution is 5.90. The molecule has 0 bridgehead atoms. The molecule has 2 amide bonds. The third-order valence-electron chi connectivity index (χ3n) is 6.02. The van der Waals surface area contributed by atoms with Gasteiger partial charge < -0.3 is 25.0 Å². The second-order valence-corrected chi connectivity index (χ2v) is 8.49. The van der Waals surface area contributed by atoms with Crippen LogP contribution in [0.3, 0.4) is 0 Å². The predicted octanol–water partition coefficient (Wildman–Crippen LogP) is 2.09. The Kier molecular flexibility index (Phi) is 6.93. The van der Waals surface area contributed by atoms with Crippen molar-refractivity contribution in [1.29, 1.82) is 0 Å². The van der Waals surface area contributed by atoms with Crippen LogP contribution < -0.4 is 10.5 Å². The normalized spacial score (nSPS) is 16.2. The molecule has 3 aromatic rings. The van der Waals surface area contributed by atoms with Crippen LogP contribution in [0.1, 0.15) is 16.7 Å². The zero-order valence-corrected chi connectivity index (χ0v) is 19.7. The summed E-state index contributed by atoms with van der Waals surface area (Å²) in [5.74, 6) is 0.680. The maximum atomic E-state index is 13.3. The van der Waals surface area contributed by atoms with Crippen molar-refractivity contribution in [2.75, 3.05) is 39.1 Å². The Morgan fingerprint density at radius 2 is 1.97 bits per heavy atom. The summed E-state index contributed by atoms with van der Waals surface area (Å²) >= 11 is 0. The summed E-state index contributed by atoms with van der Waals surface area (Å²) in [6, 6.07) is 10.8. The minimum atomic E-state index is -0.701. The van der Waals surface area contributed by atoms with Crippen molar-refractivity contribution >= 4 is 28.5 Å². The number of nitrogens with zero attached hydrogens (tertiary/aromatic N) is 4. The van der Waals surface area contributed by atoms with Crippen molar-refractivity contribution in [1.82, 2.24) is 19.8 Å². The van der Waals surface area contributed by atoms with Gasteiger partial charge in [-0.3, -0.25) is 9.59 Å². The van der Waals surface area contributed by atoms with Crippen LogP contribution in [0.25, 0.3) is 10.9 Å². The number of piperazine rings is 1. The minimum Gasteiger partial charge on any atom is -0.483 e. The second-order valence-electron chi connectivity index (χ2n) is 8.49.